The van der Waals surface area contributed by atoms with Crippen LogP contribution in [-0.4, -0.2) is 12.6 Å². The molecule has 0 amide bonds. The molecule has 0 aliphatic carbocycles. The Kier molecular flexibility index (Phi) is 3.95. The highest BCUT2D eigenvalue weighted by molar-refractivity contribution is 5.30. The van der Waals surface area contributed by atoms with E-state index in [1.165, 1.54) is 0 Å². The minimum absolute atomic E-state index is 0.000817. The van der Waals surface area contributed by atoms with E-state index in [4.69, 9.17) is 0 Å². The first-order valence-corrected chi connectivity index (χ1v) is 7.01. The molecule has 1 heterocycles. The second-order valence-electron chi connectivity index (χ2n) is 6.53. The van der Waals surface area contributed by atoms with Crippen molar-refractivity contribution in [3.8, 4) is 0 Å². The Balaban J connectivity index is 2.11. The first-order chi connectivity index (χ1) is 8.79. The fraction of sp³-hybridized carbons (Fsp3) is 0.625. The zero-order valence-corrected chi connectivity index (χ0v) is 12.0. The highest BCUT2D eigenvalue weighted by Crippen LogP contribution is 2.35. The highest BCUT2D eigenvalue weighted by Gasteiger charge is 2.35. The maximum atomic E-state index is 14.2. The molecule has 0 spiro atoms. The lowest BCUT2D eigenvalue weighted by atomic mass is 9.86. The van der Waals surface area contributed by atoms with Gasteiger partial charge in [-0.1, -0.05) is 45.0 Å². The lowest BCUT2D eigenvalue weighted by molar-refractivity contribution is -0.0213. The second kappa shape index (κ2) is 5.20. The van der Waals surface area contributed by atoms with Crippen LogP contribution in [0.5, 0.6) is 0 Å². The smallest absolute Gasteiger partial charge is 0.274 e. The van der Waals surface area contributed by atoms with Crippen molar-refractivity contribution in [3.05, 3.63) is 35.4 Å². The van der Waals surface area contributed by atoms with Gasteiger partial charge in [0.1, 0.15) is 0 Å². The molecule has 1 aliphatic rings. The summed E-state index contributed by atoms with van der Waals surface area (Å²) in [5.41, 5.74) is 1.22. The van der Waals surface area contributed by atoms with Gasteiger partial charge >= 0.3 is 0 Å². The van der Waals surface area contributed by atoms with Crippen LogP contribution >= 0.6 is 0 Å². The third-order valence-corrected chi connectivity index (χ3v) is 3.84. The van der Waals surface area contributed by atoms with Gasteiger partial charge < -0.3 is 5.32 Å². The number of benzene rings is 1. The van der Waals surface area contributed by atoms with E-state index in [2.05, 4.69) is 26.1 Å². The van der Waals surface area contributed by atoms with Gasteiger partial charge in [-0.3, -0.25) is 0 Å². The molecule has 0 bridgehead atoms. The fourth-order valence-corrected chi connectivity index (χ4v) is 2.57. The van der Waals surface area contributed by atoms with E-state index in [0.717, 1.165) is 24.9 Å². The van der Waals surface area contributed by atoms with E-state index in [-0.39, 0.29) is 23.4 Å². The quantitative estimate of drug-likeness (QED) is 0.864. The zero-order chi connectivity index (χ0) is 14.1. The summed E-state index contributed by atoms with van der Waals surface area (Å²) >= 11 is 0. The second-order valence-corrected chi connectivity index (χ2v) is 6.53. The van der Waals surface area contributed by atoms with Crippen LogP contribution < -0.4 is 5.32 Å². The molecule has 1 saturated heterocycles. The van der Waals surface area contributed by atoms with Gasteiger partial charge in [-0.15, -0.1) is 0 Å². The van der Waals surface area contributed by atoms with Crippen LogP contribution in [0.3, 0.4) is 0 Å². The molecular weight excluding hydrogens is 244 g/mol. The summed E-state index contributed by atoms with van der Waals surface area (Å²) in [6, 6.07) is 6.76. The van der Waals surface area contributed by atoms with E-state index in [0.29, 0.717) is 0 Å². The predicted octanol–water partition coefficient (Wildman–Crippen LogP) is 4.22. The van der Waals surface area contributed by atoms with Crippen molar-refractivity contribution in [2.75, 3.05) is 6.54 Å². The molecule has 1 fully saturated rings. The van der Waals surface area contributed by atoms with E-state index in [9.17, 15) is 8.78 Å². The van der Waals surface area contributed by atoms with Crippen molar-refractivity contribution in [1.29, 1.82) is 0 Å². The standard InChI is InChI=1S/C16H23F2N/c1-15(2,3)12-6-8-13(9-7-12)16(17,18)11-14-5-4-10-19-14/h6-9,14,19H,4-5,10-11H2,1-3H3. The number of nitrogens with one attached hydrogen (secondary N) is 1. The van der Waals surface area contributed by atoms with Gasteiger partial charge in [0.05, 0.1) is 0 Å². The minimum atomic E-state index is -2.74. The van der Waals surface area contributed by atoms with Gasteiger partial charge in [0.25, 0.3) is 5.92 Å². The highest BCUT2D eigenvalue weighted by atomic mass is 19.3. The average Bonchev–Trinajstić information content (AvgIpc) is 2.80. The van der Waals surface area contributed by atoms with Crippen molar-refractivity contribution in [1.82, 2.24) is 5.32 Å². The third-order valence-electron chi connectivity index (χ3n) is 3.84. The van der Waals surface area contributed by atoms with Gasteiger partial charge in [0, 0.05) is 18.0 Å². The number of halogens is 2. The molecule has 106 valence electrons. The first-order valence-electron chi connectivity index (χ1n) is 7.01. The molecule has 19 heavy (non-hydrogen) atoms. The van der Waals surface area contributed by atoms with Crippen molar-refractivity contribution >= 4 is 0 Å². The van der Waals surface area contributed by atoms with Crippen molar-refractivity contribution in [3.63, 3.8) is 0 Å². The molecule has 1 nitrogen and oxygen atoms in total. The van der Waals surface area contributed by atoms with Gasteiger partial charge in [0.15, 0.2) is 0 Å². The molecule has 0 aromatic heterocycles. The molecule has 0 saturated carbocycles. The van der Waals surface area contributed by atoms with Crippen molar-refractivity contribution in [2.24, 2.45) is 0 Å². The van der Waals surface area contributed by atoms with Crippen LogP contribution in [0.2, 0.25) is 0 Å². The molecule has 2 rings (SSSR count). The largest absolute Gasteiger partial charge is 0.314 e. The molecule has 1 atom stereocenters. The number of hydrogen-bond acceptors (Lipinski definition) is 1. The van der Waals surface area contributed by atoms with E-state index in [1.54, 1.807) is 12.1 Å². The molecule has 1 aromatic rings. The zero-order valence-electron chi connectivity index (χ0n) is 12.0. The Bertz CT molecular complexity index is 411. The Morgan fingerprint density at radius 1 is 1.11 bits per heavy atom. The Labute approximate surface area is 114 Å². The summed E-state index contributed by atoms with van der Waals surface area (Å²) in [6.45, 7) is 7.12. The summed E-state index contributed by atoms with van der Waals surface area (Å²) in [5, 5.41) is 3.14. The predicted molar refractivity (Wildman–Crippen MR) is 74.7 cm³/mol. The topological polar surface area (TPSA) is 12.0 Å². The van der Waals surface area contributed by atoms with Gasteiger partial charge in [-0.05, 0) is 30.4 Å². The third kappa shape index (κ3) is 3.53. The van der Waals surface area contributed by atoms with Crippen LogP contribution in [0.25, 0.3) is 0 Å². The normalized spacial score (nSPS) is 20.8. The Morgan fingerprint density at radius 3 is 2.16 bits per heavy atom. The summed E-state index contributed by atoms with van der Waals surface area (Å²) in [5.74, 6) is -2.74. The minimum Gasteiger partial charge on any atom is -0.314 e. The Morgan fingerprint density at radius 2 is 1.68 bits per heavy atom. The lowest BCUT2D eigenvalue weighted by Gasteiger charge is -2.23. The van der Waals surface area contributed by atoms with Crippen LogP contribution in [-0.2, 0) is 11.3 Å². The van der Waals surface area contributed by atoms with Crippen LogP contribution in [0.4, 0.5) is 8.78 Å². The van der Waals surface area contributed by atoms with Crippen LogP contribution in [0, 0.1) is 0 Å². The number of alkyl halides is 2. The molecular formula is C16H23F2N. The SMILES string of the molecule is CC(C)(C)c1ccc(C(F)(F)CC2CCCN2)cc1. The fourth-order valence-electron chi connectivity index (χ4n) is 2.57. The average molecular weight is 267 g/mol. The van der Waals surface area contributed by atoms with E-state index >= 15 is 0 Å². The van der Waals surface area contributed by atoms with E-state index in [1.807, 2.05) is 12.1 Å². The van der Waals surface area contributed by atoms with Gasteiger partial charge in [-0.25, -0.2) is 8.78 Å². The summed E-state index contributed by atoms with van der Waals surface area (Å²) in [4.78, 5) is 0. The summed E-state index contributed by atoms with van der Waals surface area (Å²) in [7, 11) is 0. The molecule has 1 N–H and O–H groups in total. The molecule has 3 heteroatoms. The summed E-state index contributed by atoms with van der Waals surface area (Å²) in [6.07, 6.45) is 1.77. The molecule has 0 radical (unpaired) electrons. The lowest BCUT2D eigenvalue weighted by Crippen LogP contribution is -2.29. The maximum absolute atomic E-state index is 14.2. The molecule has 1 aliphatic heterocycles. The maximum Gasteiger partial charge on any atom is 0.274 e. The Hall–Kier alpha value is -0.960. The monoisotopic (exact) mass is 267 g/mol. The van der Waals surface area contributed by atoms with Gasteiger partial charge in [0.2, 0.25) is 0 Å². The molecule has 1 unspecified atom stereocenters. The first kappa shape index (κ1) is 14.4. The van der Waals surface area contributed by atoms with Gasteiger partial charge in [-0.2, -0.15) is 0 Å². The van der Waals surface area contributed by atoms with Crippen LogP contribution in [0.1, 0.15) is 51.2 Å². The summed E-state index contributed by atoms with van der Waals surface area (Å²) < 4.78 is 28.4. The number of hydrogen-bond donors (Lipinski definition) is 1. The number of rotatable bonds is 3. The van der Waals surface area contributed by atoms with Crippen molar-refractivity contribution in [2.45, 2.75) is 57.4 Å². The molecule has 1 aromatic carbocycles. The van der Waals surface area contributed by atoms with Crippen molar-refractivity contribution < 1.29 is 8.78 Å². The van der Waals surface area contributed by atoms with Crippen LogP contribution in [0.15, 0.2) is 24.3 Å². The van der Waals surface area contributed by atoms with E-state index < -0.39 is 5.92 Å².